The number of hydrogen-bond donors (Lipinski definition) is 2. The van der Waals surface area contributed by atoms with Gasteiger partial charge in [-0.3, -0.25) is 4.79 Å². The van der Waals surface area contributed by atoms with E-state index in [1.54, 1.807) is 12.1 Å². The molecule has 4 nitrogen and oxygen atoms in total. The van der Waals surface area contributed by atoms with Gasteiger partial charge >= 0.3 is 0 Å². The fourth-order valence-electron chi connectivity index (χ4n) is 3.75. The van der Waals surface area contributed by atoms with Crippen molar-refractivity contribution >= 4 is 0 Å². The third-order valence-electron chi connectivity index (χ3n) is 5.96. The highest BCUT2D eigenvalue weighted by atomic mass is 19.1. The molecule has 3 unspecified atom stereocenters. The van der Waals surface area contributed by atoms with Crippen LogP contribution in [0.5, 0.6) is 0 Å². The molecule has 1 aliphatic heterocycles. The molecule has 5 heteroatoms. The van der Waals surface area contributed by atoms with Crippen molar-refractivity contribution in [2.45, 2.75) is 52.1 Å². The van der Waals surface area contributed by atoms with E-state index in [9.17, 15) is 9.18 Å². The summed E-state index contributed by atoms with van der Waals surface area (Å²) in [6, 6.07) is 10.1. The standard InChI is InChI=1S/C14H15FN2O.C9H17N/c1-14(2,16)10-7-12(17-13(18)8-10)9-3-5-11(15)6-4-9;1-3-7(2)10-5-8-4-9(8)6-10/h3-8H,16H2,1-2H3,(H,17,18);7-9H,3-6H2,1-2H3. The Kier molecular flexibility index (Phi) is 6.06. The number of aromatic amines is 1. The van der Waals surface area contributed by atoms with Gasteiger partial charge in [-0.15, -0.1) is 0 Å². The Morgan fingerprint density at radius 3 is 2.36 bits per heavy atom. The summed E-state index contributed by atoms with van der Waals surface area (Å²) in [5.41, 5.74) is 7.30. The van der Waals surface area contributed by atoms with Crippen LogP contribution in [0.25, 0.3) is 11.3 Å². The lowest BCUT2D eigenvalue weighted by atomic mass is 9.95. The molecular formula is C23H32FN3O. The average Bonchev–Trinajstić information content (AvgIpc) is 3.26. The smallest absolute Gasteiger partial charge is 0.248 e. The van der Waals surface area contributed by atoms with Gasteiger partial charge in [-0.05, 0) is 86.9 Å². The highest BCUT2D eigenvalue weighted by Gasteiger charge is 2.45. The number of aromatic nitrogens is 1. The van der Waals surface area contributed by atoms with Crippen LogP contribution in [0.4, 0.5) is 4.39 Å². The number of nitrogens with zero attached hydrogens (tertiary/aromatic N) is 1. The molecule has 0 bridgehead atoms. The van der Waals surface area contributed by atoms with Crippen molar-refractivity contribution in [2.75, 3.05) is 13.1 Å². The summed E-state index contributed by atoms with van der Waals surface area (Å²) >= 11 is 0. The third kappa shape index (κ3) is 5.09. The van der Waals surface area contributed by atoms with Crippen molar-refractivity contribution in [1.82, 2.24) is 9.88 Å². The number of likely N-dealkylation sites (tertiary alicyclic amines) is 1. The number of fused-ring (bicyclic) bond motifs is 1. The van der Waals surface area contributed by atoms with E-state index in [1.807, 2.05) is 19.9 Å². The second-order valence-electron chi connectivity index (χ2n) is 8.84. The summed E-state index contributed by atoms with van der Waals surface area (Å²) in [5, 5.41) is 0. The summed E-state index contributed by atoms with van der Waals surface area (Å²) in [5.74, 6) is 1.90. The highest BCUT2D eigenvalue weighted by Crippen LogP contribution is 2.45. The maximum atomic E-state index is 12.9. The van der Waals surface area contributed by atoms with Crippen LogP contribution in [-0.4, -0.2) is 29.0 Å². The Labute approximate surface area is 167 Å². The molecule has 1 aromatic heterocycles. The van der Waals surface area contributed by atoms with Crippen molar-refractivity contribution in [2.24, 2.45) is 17.6 Å². The summed E-state index contributed by atoms with van der Waals surface area (Å²) in [7, 11) is 0. The Balaban J connectivity index is 0.000000188. The molecule has 1 aliphatic carbocycles. The lowest BCUT2D eigenvalue weighted by molar-refractivity contribution is 0.228. The predicted molar refractivity (Wildman–Crippen MR) is 113 cm³/mol. The van der Waals surface area contributed by atoms with Crippen LogP contribution in [0.3, 0.4) is 0 Å². The molecule has 0 amide bonds. The van der Waals surface area contributed by atoms with Crippen molar-refractivity contribution in [3.63, 3.8) is 0 Å². The largest absolute Gasteiger partial charge is 0.322 e. The van der Waals surface area contributed by atoms with Crippen LogP contribution >= 0.6 is 0 Å². The molecule has 2 fully saturated rings. The van der Waals surface area contributed by atoms with E-state index >= 15 is 0 Å². The molecule has 0 spiro atoms. The zero-order valence-electron chi connectivity index (χ0n) is 17.3. The van der Waals surface area contributed by atoms with Crippen LogP contribution in [0.1, 0.15) is 46.1 Å². The summed E-state index contributed by atoms with van der Waals surface area (Å²) in [6.07, 6.45) is 2.85. The number of rotatable bonds is 4. The normalized spacial score (nSPS) is 22.2. The molecule has 28 heavy (non-hydrogen) atoms. The number of halogens is 1. The van der Waals surface area contributed by atoms with Crippen LogP contribution in [0.2, 0.25) is 0 Å². The second kappa shape index (κ2) is 8.18. The topological polar surface area (TPSA) is 62.1 Å². The molecule has 152 valence electrons. The van der Waals surface area contributed by atoms with Crippen LogP contribution in [-0.2, 0) is 5.54 Å². The maximum Gasteiger partial charge on any atom is 0.248 e. The van der Waals surface area contributed by atoms with Crippen LogP contribution < -0.4 is 11.3 Å². The first-order valence-electron chi connectivity index (χ1n) is 10.2. The van der Waals surface area contributed by atoms with Gasteiger partial charge in [0.2, 0.25) is 5.56 Å². The van der Waals surface area contributed by atoms with Crippen molar-refractivity contribution in [3.8, 4) is 11.3 Å². The summed E-state index contributed by atoms with van der Waals surface area (Å²) < 4.78 is 12.9. The number of pyridine rings is 1. The van der Waals surface area contributed by atoms with Gasteiger partial charge in [0.05, 0.1) is 0 Å². The van der Waals surface area contributed by atoms with Crippen molar-refractivity contribution in [3.05, 3.63) is 58.1 Å². The van der Waals surface area contributed by atoms with E-state index in [4.69, 9.17) is 5.73 Å². The van der Waals surface area contributed by atoms with Gasteiger partial charge in [0, 0.05) is 36.4 Å². The zero-order chi connectivity index (χ0) is 20.5. The fraction of sp³-hybridized carbons (Fsp3) is 0.522. The zero-order valence-corrected chi connectivity index (χ0v) is 17.3. The molecule has 2 aromatic rings. The minimum Gasteiger partial charge on any atom is -0.322 e. The molecule has 1 saturated heterocycles. The number of H-pyrrole nitrogens is 1. The minimum atomic E-state index is -0.594. The average molecular weight is 386 g/mol. The molecule has 0 radical (unpaired) electrons. The van der Waals surface area contributed by atoms with Crippen LogP contribution in [0, 0.1) is 17.7 Å². The predicted octanol–water partition coefficient (Wildman–Crippen LogP) is 4.11. The minimum absolute atomic E-state index is 0.217. The van der Waals surface area contributed by atoms with E-state index in [0.29, 0.717) is 5.69 Å². The monoisotopic (exact) mass is 385 g/mol. The number of nitrogens with one attached hydrogen (secondary N) is 1. The first-order valence-corrected chi connectivity index (χ1v) is 10.2. The van der Waals surface area contributed by atoms with Gasteiger partial charge in [-0.25, -0.2) is 4.39 Å². The summed E-state index contributed by atoms with van der Waals surface area (Å²) in [6.45, 7) is 11.1. The Bertz CT molecular complexity index is 843. The third-order valence-corrected chi connectivity index (χ3v) is 5.96. The van der Waals surface area contributed by atoms with Gasteiger partial charge < -0.3 is 15.6 Å². The first-order chi connectivity index (χ1) is 13.2. The van der Waals surface area contributed by atoms with E-state index < -0.39 is 5.54 Å². The number of piperidine rings is 1. The van der Waals surface area contributed by atoms with Crippen molar-refractivity contribution < 1.29 is 4.39 Å². The molecule has 2 heterocycles. The van der Waals surface area contributed by atoms with E-state index in [0.717, 1.165) is 29.0 Å². The Hall–Kier alpha value is -1.98. The van der Waals surface area contributed by atoms with Gasteiger partial charge in [-0.2, -0.15) is 0 Å². The Morgan fingerprint density at radius 1 is 1.21 bits per heavy atom. The molecule has 2 aliphatic rings. The second-order valence-corrected chi connectivity index (χ2v) is 8.84. The van der Waals surface area contributed by atoms with Gasteiger partial charge in [0.25, 0.3) is 0 Å². The van der Waals surface area contributed by atoms with Crippen molar-refractivity contribution in [1.29, 1.82) is 0 Å². The first kappa shape index (κ1) is 20.7. The van der Waals surface area contributed by atoms with Crippen LogP contribution in [0.15, 0.2) is 41.2 Å². The van der Waals surface area contributed by atoms with E-state index in [-0.39, 0.29) is 11.4 Å². The molecule has 3 atom stereocenters. The molecule has 1 aromatic carbocycles. The quantitative estimate of drug-likeness (QED) is 0.832. The lowest BCUT2D eigenvalue weighted by Crippen LogP contribution is -2.31. The number of benzene rings is 1. The molecular weight excluding hydrogens is 353 g/mol. The lowest BCUT2D eigenvalue weighted by Gasteiger charge is -2.24. The number of hydrogen-bond acceptors (Lipinski definition) is 3. The maximum absolute atomic E-state index is 12.9. The molecule has 3 N–H and O–H groups in total. The fourth-order valence-corrected chi connectivity index (χ4v) is 3.75. The SMILES string of the molecule is CC(C)(N)c1cc(-c2ccc(F)cc2)[nH]c(=O)c1.CCC(C)N1CC2CC2C1. The highest BCUT2D eigenvalue weighted by molar-refractivity contribution is 5.59. The van der Waals surface area contributed by atoms with E-state index in [1.165, 1.54) is 44.1 Å². The molecule has 1 saturated carbocycles. The Morgan fingerprint density at radius 2 is 1.82 bits per heavy atom. The van der Waals surface area contributed by atoms with E-state index in [2.05, 4.69) is 23.7 Å². The van der Waals surface area contributed by atoms with Gasteiger partial charge in [-0.1, -0.05) is 6.92 Å². The van der Waals surface area contributed by atoms with Gasteiger partial charge in [0.1, 0.15) is 5.82 Å². The summed E-state index contributed by atoms with van der Waals surface area (Å²) in [4.78, 5) is 17.0. The molecule has 4 rings (SSSR count). The number of nitrogens with two attached hydrogens (primary N) is 1. The van der Waals surface area contributed by atoms with Gasteiger partial charge in [0.15, 0.2) is 0 Å².